The average molecular weight is 296 g/mol. The predicted molar refractivity (Wildman–Crippen MR) is 85.3 cm³/mol. The summed E-state index contributed by atoms with van der Waals surface area (Å²) in [5.74, 6) is 0.777. The van der Waals surface area contributed by atoms with Gasteiger partial charge in [-0.15, -0.1) is 0 Å². The molecule has 0 saturated heterocycles. The fraction of sp³-hybridized carbons (Fsp3) is 0.176. The van der Waals surface area contributed by atoms with Gasteiger partial charge in [0.05, 0.1) is 17.1 Å². The van der Waals surface area contributed by atoms with E-state index < -0.39 is 0 Å². The van der Waals surface area contributed by atoms with Crippen LogP contribution < -0.4 is 0 Å². The molecule has 21 heavy (non-hydrogen) atoms. The van der Waals surface area contributed by atoms with Crippen molar-refractivity contribution in [3.63, 3.8) is 0 Å². The van der Waals surface area contributed by atoms with Crippen molar-refractivity contribution in [2.45, 2.75) is 20.4 Å². The summed E-state index contributed by atoms with van der Waals surface area (Å²) in [6.07, 6.45) is 0. The summed E-state index contributed by atoms with van der Waals surface area (Å²) in [5.41, 5.74) is 5.20. The third kappa shape index (κ3) is 2.39. The number of fused-ring (bicyclic) bond motifs is 1. The Morgan fingerprint density at radius 2 is 1.95 bits per heavy atom. The largest absolute Gasteiger partial charge is 0.310 e. The minimum absolute atomic E-state index is 0.265. The molecule has 0 spiro atoms. The molecule has 3 rings (SSSR count). The minimum Gasteiger partial charge on any atom is -0.310 e. The first-order valence-corrected chi connectivity index (χ1v) is 7.08. The lowest BCUT2D eigenvalue weighted by Gasteiger charge is -2.06. The van der Waals surface area contributed by atoms with Crippen LogP contribution in [0.15, 0.2) is 36.4 Å². The Morgan fingerprint density at radius 1 is 1.19 bits per heavy atom. The van der Waals surface area contributed by atoms with Gasteiger partial charge in [-0.3, -0.25) is 0 Å². The molecule has 0 aliphatic heterocycles. The Bertz CT molecular complexity index is 872. The molecule has 3 nitrogen and oxygen atoms in total. The maximum atomic E-state index is 9.12. The summed E-state index contributed by atoms with van der Waals surface area (Å²) in [5, 5.41) is 9.79. The maximum absolute atomic E-state index is 9.12. The molecule has 0 amide bonds. The van der Waals surface area contributed by atoms with E-state index >= 15 is 0 Å². The summed E-state index contributed by atoms with van der Waals surface area (Å²) in [6, 6.07) is 13.9. The Hall–Kier alpha value is -2.31. The van der Waals surface area contributed by atoms with Gasteiger partial charge in [-0.1, -0.05) is 23.7 Å². The molecule has 3 aromatic rings. The molecule has 1 aromatic heterocycles. The second-order valence-electron chi connectivity index (χ2n) is 5.12. The number of aromatic nitrogens is 2. The molecule has 0 unspecified atom stereocenters. The van der Waals surface area contributed by atoms with E-state index in [0.29, 0.717) is 5.02 Å². The van der Waals surface area contributed by atoms with E-state index in [1.165, 1.54) is 11.1 Å². The molecule has 0 radical (unpaired) electrons. The lowest BCUT2D eigenvalue weighted by molar-refractivity contribution is 0.870. The second-order valence-corrected chi connectivity index (χ2v) is 5.55. The fourth-order valence-corrected chi connectivity index (χ4v) is 2.65. The standard InChI is InChI=1S/C17H14ClN3/c1-11-8-15-16(9-12(11)2)21(7-6-19)17(20-15)13-4-3-5-14(18)10-13/h3-5,8-10H,7H2,1-2H3. The van der Waals surface area contributed by atoms with Crippen LogP contribution in [-0.2, 0) is 6.54 Å². The van der Waals surface area contributed by atoms with E-state index in [0.717, 1.165) is 22.4 Å². The van der Waals surface area contributed by atoms with Crippen molar-refractivity contribution in [3.05, 3.63) is 52.5 Å². The summed E-state index contributed by atoms with van der Waals surface area (Å²) in [6.45, 7) is 4.40. The van der Waals surface area contributed by atoms with Crippen LogP contribution in [0.5, 0.6) is 0 Å². The van der Waals surface area contributed by atoms with Gasteiger partial charge in [0.2, 0.25) is 0 Å². The van der Waals surface area contributed by atoms with Crippen LogP contribution in [0.25, 0.3) is 22.4 Å². The number of hydrogen-bond acceptors (Lipinski definition) is 2. The number of aryl methyl sites for hydroxylation is 2. The van der Waals surface area contributed by atoms with Crippen molar-refractivity contribution < 1.29 is 0 Å². The Labute approximate surface area is 128 Å². The van der Waals surface area contributed by atoms with Crippen LogP contribution in [0, 0.1) is 25.2 Å². The van der Waals surface area contributed by atoms with Gasteiger partial charge in [-0.2, -0.15) is 5.26 Å². The molecule has 2 aromatic carbocycles. The molecule has 0 N–H and O–H groups in total. The van der Waals surface area contributed by atoms with Gasteiger partial charge >= 0.3 is 0 Å². The van der Waals surface area contributed by atoms with E-state index in [-0.39, 0.29) is 6.54 Å². The normalized spacial score (nSPS) is 10.8. The summed E-state index contributed by atoms with van der Waals surface area (Å²) >= 11 is 6.07. The van der Waals surface area contributed by atoms with Crippen molar-refractivity contribution in [2.24, 2.45) is 0 Å². The van der Waals surface area contributed by atoms with Crippen molar-refractivity contribution in [1.29, 1.82) is 5.26 Å². The van der Waals surface area contributed by atoms with Gasteiger partial charge in [-0.25, -0.2) is 4.98 Å². The lowest BCUT2D eigenvalue weighted by Crippen LogP contribution is -1.99. The summed E-state index contributed by atoms with van der Waals surface area (Å²) < 4.78 is 1.94. The molecule has 0 aliphatic rings. The third-order valence-electron chi connectivity index (χ3n) is 3.68. The van der Waals surface area contributed by atoms with Crippen molar-refractivity contribution in [2.75, 3.05) is 0 Å². The van der Waals surface area contributed by atoms with Gasteiger partial charge in [0, 0.05) is 10.6 Å². The van der Waals surface area contributed by atoms with Crippen LogP contribution >= 0.6 is 11.6 Å². The molecule has 0 aliphatic carbocycles. The highest BCUT2D eigenvalue weighted by Crippen LogP contribution is 2.28. The number of imidazole rings is 1. The topological polar surface area (TPSA) is 41.6 Å². The molecule has 0 bridgehead atoms. The molecule has 4 heteroatoms. The summed E-state index contributed by atoms with van der Waals surface area (Å²) in [4.78, 5) is 4.70. The highest BCUT2D eigenvalue weighted by atomic mass is 35.5. The minimum atomic E-state index is 0.265. The number of hydrogen-bond donors (Lipinski definition) is 0. The molecule has 1 heterocycles. The number of nitrogens with zero attached hydrogens (tertiary/aromatic N) is 3. The first kappa shape index (κ1) is 13.7. The molecule has 0 fully saturated rings. The monoisotopic (exact) mass is 295 g/mol. The molecule has 0 atom stereocenters. The van der Waals surface area contributed by atoms with Gasteiger partial charge in [-0.05, 0) is 49.2 Å². The Balaban J connectivity index is 2.32. The Kier molecular flexibility index (Phi) is 3.40. The molecule has 104 valence electrons. The number of rotatable bonds is 2. The fourth-order valence-electron chi connectivity index (χ4n) is 2.46. The van der Waals surface area contributed by atoms with E-state index in [4.69, 9.17) is 21.8 Å². The predicted octanol–water partition coefficient (Wildman–Crippen LogP) is 4.50. The SMILES string of the molecule is Cc1cc2nc(-c3cccc(Cl)c3)n(CC#N)c2cc1C. The lowest BCUT2D eigenvalue weighted by atomic mass is 10.1. The number of nitriles is 1. The van der Waals surface area contributed by atoms with E-state index in [2.05, 4.69) is 32.0 Å². The molecular formula is C17H14ClN3. The number of halogens is 1. The smallest absolute Gasteiger partial charge is 0.142 e. The second kappa shape index (κ2) is 5.23. The quantitative estimate of drug-likeness (QED) is 0.698. The van der Waals surface area contributed by atoms with Crippen LogP contribution in [0.3, 0.4) is 0 Å². The Morgan fingerprint density at radius 3 is 2.67 bits per heavy atom. The first-order chi connectivity index (χ1) is 10.1. The van der Waals surface area contributed by atoms with Crippen LogP contribution in [0.4, 0.5) is 0 Å². The van der Waals surface area contributed by atoms with Crippen LogP contribution in [-0.4, -0.2) is 9.55 Å². The highest BCUT2D eigenvalue weighted by Gasteiger charge is 2.13. The summed E-state index contributed by atoms with van der Waals surface area (Å²) in [7, 11) is 0. The van der Waals surface area contributed by atoms with Gasteiger partial charge in [0.25, 0.3) is 0 Å². The third-order valence-corrected chi connectivity index (χ3v) is 3.91. The average Bonchev–Trinajstić information content (AvgIpc) is 2.78. The van der Waals surface area contributed by atoms with Gasteiger partial charge in [0.15, 0.2) is 0 Å². The van der Waals surface area contributed by atoms with Crippen molar-refractivity contribution in [1.82, 2.24) is 9.55 Å². The van der Waals surface area contributed by atoms with Crippen LogP contribution in [0.1, 0.15) is 11.1 Å². The zero-order valence-corrected chi connectivity index (χ0v) is 12.6. The van der Waals surface area contributed by atoms with E-state index in [1.54, 1.807) is 0 Å². The van der Waals surface area contributed by atoms with Crippen LogP contribution in [0.2, 0.25) is 5.02 Å². The first-order valence-electron chi connectivity index (χ1n) is 6.70. The molecular weight excluding hydrogens is 282 g/mol. The zero-order valence-electron chi connectivity index (χ0n) is 11.9. The van der Waals surface area contributed by atoms with E-state index in [9.17, 15) is 0 Å². The zero-order chi connectivity index (χ0) is 15.0. The van der Waals surface area contributed by atoms with Gasteiger partial charge < -0.3 is 4.57 Å². The van der Waals surface area contributed by atoms with Crippen molar-refractivity contribution in [3.8, 4) is 17.5 Å². The maximum Gasteiger partial charge on any atom is 0.142 e. The van der Waals surface area contributed by atoms with E-state index in [1.807, 2.05) is 28.8 Å². The van der Waals surface area contributed by atoms with Crippen molar-refractivity contribution >= 4 is 22.6 Å². The molecule has 0 saturated carbocycles. The highest BCUT2D eigenvalue weighted by molar-refractivity contribution is 6.30. The van der Waals surface area contributed by atoms with Gasteiger partial charge in [0.1, 0.15) is 12.4 Å². The number of benzene rings is 2.